The zero-order valence-electron chi connectivity index (χ0n) is 74.0. The summed E-state index contributed by atoms with van der Waals surface area (Å²) in [5, 5.41) is 48.2. The maximum absolute atomic E-state index is 14.6. The maximum atomic E-state index is 14.6. The fraction of sp³-hybridized carbons (Fsp3) is 0.725. The van der Waals surface area contributed by atoms with E-state index in [2.05, 4.69) is 78.7 Å². The highest BCUT2D eigenvalue weighted by atomic mass is 33.1. The summed E-state index contributed by atoms with van der Waals surface area (Å²) in [7, 11) is 31.5. The molecular formula is C80H146N24O13S2. The van der Waals surface area contributed by atoms with Crippen LogP contribution in [0.1, 0.15) is 123 Å². The van der Waals surface area contributed by atoms with Gasteiger partial charge in [0.15, 0.2) is 0 Å². The molecule has 0 aliphatic heterocycles. The maximum Gasteiger partial charge on any atom is 0.255 e. The van der Waals surface area contributed by atoms with Crippen molar-refractivity contribution in [2.75, 3.05) is 250 Å². The van der Waals surface area contributed by atoms with E-state index in [1.165, 1.54) is 34.0 Å². The number of likely N-dealkylation sites (N-methyl/N-ethyl adjacent to an activating group) is 8. The lowest BCUT2D eigenvalue weighted by molar-refractivity contribution is -0.129. The molecule has 2 rings (SSSR count). The minimum atomic E-state index is -1.08. The van der Waals surface area contributed by atoms with Gasteiger partial charge in [-0.05, 0) is 274 Å². The van der Waals surface area contributed by atoms with Gasteiger partial charge in [0.05, 0.1) is 63.0 Å². The van der Waals surface area contributed by atoms with Crippen molar-refractivity contribution in [3.8, 4) is 0 Å². The zero-order valence-corrected chi connectivity index (χ0v) is 75.7. The van der Waals surface area contributed by atoms with Crippen LogP contribution in [0.15, 0.2) is 46.7 Å². The van der Waals surface area contributed by atoms with Gasteiger partial charge in [-0.1, -0.05) is 0 Å². The van der Waals surface area contributed by atoms with Gasteiger partial charge in [0.1, 0.15) is 34.4 Å². The smallest absolute Gasteiger partial charge is 0.255 e. The normalized spacial score (nSPS) is 12.8. The Hall–Kier alpha value is -7.80. The molecular weight excluding hydrogens is 1570 g/mol. The van der Waals surface area contributed by atoms with Crippen molar-refractivity contribution in [3.63, 3.8) is 0 Å². The van der Waals surface area contributed by atoms with E-state index in [4.69, 9.17) is 0 Å². The first-order valence-corrected chi connectivity index (χ1v) is 43.6. The van der Waals surface area contributed by atoms with Gasteiger partial charge < -0.3 is 113 Å². The molecule has 12 amide bonds. The van der Waals surface area contributed by atoms with E-state index in [1.54, 1.807) is 167 Å². The predicted molar refractivity (Wildman–Crippen MR) is 467 cm³/mol. The number of carbonyl (C=O) groups excluding carboxylic acids is 12. The third-order valence-electron chi connectivity index (χ3n) is 17.9. The number of nitrogens with one attached hydrogen (secondary N) is 12. The number of rotatable bonds is 67. The van der Waals surface area contributed by atoms with Crippen molar-refractivity contribution in [3.05, 3.63) is 47.8 Å². The minimum Gasteiger partial charge on any atom is -0.376 e. The fourth-order valence-corrected chi connectivity index (χ4v) is 13.8. The predicted octanol–water partition coefficient (Wildman–Crippen LogP) is -1.97. The SMILES string of the molecule is CN(C)CCNCCCCC(NC(=O)CN(C)C)C(O)NCCCN(CCCNC(=O)C(CCCCNC(=O)CN(C)C)NC(=O)CN(C)C)C(=O)c1ccc(SSc2ccc(C(=O)N(CCCNC(=O)C(CCCCNC(=O)CN(C)C)NC(=O)CN(C)C)CCCNC(=O)C(CCCCNC(=O)CN(C)C)NC(=O)CN(C)C)cn2)nc1. The van der Waals surface area contributed by atoms with Gasteiger partial charge >= 0.3 is 0 Å². The van der Waals surface area contributed by atoms with Gasteiger partial charge in [-0.2, -0.15) is 0 Å². The highest BCUT2D eigenvalue weighted by Gasteiger charge is 2.27. The Bertz CT molecular complexity index is 3210. The lowest BCUT2D eigenvalue weighted by Gasteiger charge is -2.27. The summed E-state index contributed by atoms with van der Waals surface area (Å²) in [5.74, 6) is -3.41. The molecule has 0 spiro atoms. The quantitative estimate of drug-likeness (QED) is 0.0194. The number of unbranched alkanes of at least 4 members (excludes halogenated alkanes) is 4. The molecule has 0 aliphatic rings. The Morgan fingerprint density at radius 2 is 0.613 bits per heavy atom. The second kappa shape index (κ2) is 63.2. The van der Waals surface area contributed by atoms with Crippen molar-refractivity contribution in [1.29, 1.82) is 0 Å². The van der Waals surface area contributed by atoms with E-state index in [-0.39, 0.29) is 163 Å². The van der Waals surface area contributed by atoms with Gasteiger partial charge in [-0.15, -0.1) is 0 Å². The molecule has 0 saturated heterocycles. The summed E-state index contributed by atoms with van der Waals surface area (Å²) in [6.45, 7) is 6.44. The molecule has 0 saturated carbocycles. The molecule has 0 bridgehead atoms. The topological polar surface area (TPSA) is 428 Å². The largest absolute Gasteiger partial charge is 0.376 e. The van der Waals surface area contributed by atoms with E-state index in [1.807, 2.05) is 14.1 Å². The number of amides is 12. The Kier molecular flexibility index (Phi) is 57.0. The number of pyridine rings is 2. The summed E-state index contributed by atoms with van der Waals surface area (Å²) < 4.78 is 0. The zero-order chi connectivity index (χ0) is 88.6. The number of carbonyl (C=O) groups is 12. The van der Waals surface area contributed by atoms with Gasteiger partial charge in [0.2, 0.25) is 59.1 Å². The Morgan fingerprint density at radius 3 is 0.924 bits per heavy atom. The number of aliphatic hydroxyl groups is 1. The summed E-state index contributed by atoms with van der Waals surface area (Å²) >= 11 is 0. The molecule has 2 aromatic rings. The molecule has 2 heterocycles. The lowest BCUT2D eigenvalue weighted by atomic mass is 10.1. The second-order valence-electron chi connectivity index (χ2n) is 32.0. The summed E-state index contributed by atoms with van der Waals surface area (Å²) in [4.78, 5) is 186. The Balaban J connectivity index is 2.41. The van der Waals surface area contributed by atoms with E-state index < -0.39 is 42.2 Å². The molecule has 119 heavy (non-hydrogen) atoms. The van der Waals surface area contributed by atoms with E-state index >= 15 is 0 Å². The van der Waals surface area contributed by atoms with Gasteiger partial charge in [-0.25, -0.2) is 9.97 Å². The molecule has 37 nitrogen and oxygen atoms in total. The first-order chi connectivity index (χ1) is 56.5. The Morgan fingerprint density at radius 1 is 0.319 bits per heavy atom. The standard InChI is InChI=1S/C80H146N24O13S2/c1-95(2)50-45-81-37-21-17-29-62(91-69(108)56-99(9)10)75(112)85-41-25-46-103(47-26-42-86-76(113)63(92-70(109)57-100(11)12)30-18-22-38-82-66(105)53-96(3)4)79(116)60-33-35-73(89-51-60)118-119-74-36-34-61(52-90-74)80(117)104(48-27-43-87-77(114)64(93-71(110)58-101(13)14)31-19-23-39-83-67(106)54-97(5)6)49-28-44-88-78(115)65(94-72(111)59-102(15)16)32-20-24-40-84-68(107)55-98(7)8/h33-36,51-52,62-65,75,81,85,112H,17-32,37-50,53-59H2,1-16H3,(H,82,105)(H,83,106)(H,84,107)(H,86,113)(H,87,114)(H,88,115)(H,91,108)(H,92,109)(H,93,110)(H,94,111). The molecule has 0 aromatic carbocycles. The molecule has 39 heteroatoms. The monoisotopic (exact) mass is 1720 g/mol. The van der Waals surface area contributed by atoms with E-state index in [9.17, 15) is 62.6 Å². The van der Waals surface area contributed by atoms with Gasteiger partial charge in [-0.3, -0.25) is 62.9 Å². The van der Waals surface area contributed by atoms with Crippen LogP contribution in [0.25, 0.3) is 0 Å². The molecule has 676 valence electrons. The average Bonchev–Trinajstić information content (AvgIpc) is 0.858. The van der Waals surface area contributed by atoms with Crippen LogP contribution < -0.4 is 63.8 Å². The highest BCUT2D eigenvalue weighted by molar-refractivity contribution is 8.76. The van der Waals surface area contributed by atoms with Crippen LogP contribution in [0.5, 0.6) is 0 Å². The van der Waals surface area contributed by atoms with Gasteiger partial charge in [0.25, 0.3) is 11.8 Å². The first-order valence-electron chi connectivity index (χ1n) is 41.5. The van der Waals surface area contributed by atoms with Crippen LogP contribution >= 0.6 is 21.6 Å². The van der Waals surface area contributed by atoms with Crippen molar-refractivity contribution >= 4 is 92.5 Å². The lowest BCUT2D eigenvalue weighted by Crippen LogP contribution is -2.52. The number of aliphatic hydroxyl groups excluding tert-OH is 1. The van der Waals surface area contributed by atoms with Gasteiger partial charge in [0, 0.05) is 90.9 Å². The Labute approximate surface area is 715 Å². The number of hydrogen-bond acceptors (Lipinski definition) is 27. The van der Waals surface area contributed by atoms with Crippen LogP contribution in [0.2, 0.25) is 0 Å². The molecule has 2 aromatic heterocycles. The fourth-order valence-electron chi connectivity index (χ4n) is 12.1. The summed E-state index contributed by atoms with van der Waals surface area (Å²) in [5.41, 5.74) is 0.570. The third-order valence-corrected chi connectivity index (χ3v) is 20.1. The molecule has 0 radical (unpaired) electrons. The van der Waals surface area contributed by atoms with Crippen molar-refractivity contribution in [1.82, 2.24) is 123 Å². The summed E-state index contributed by atoms with van der Waals surface area (Å²) in [6.07, 6.45) is 9.73. The third kappa shape index (κ3) is 53.6. The number of hydrogen-bond donors (Lipinski definition) is 13. The van der Waals surface area contributed by atoms with E-state index in [0.29, 0.717) is 125 Å². The van der Waals surface area contributed by atoms with Crippen LogP contribution in [0.3, 0.4) is 0 Å². The molecule has 5 unspecified atom stereocenters. The second-order valence-corrected chi connectivity index (χ2v) is 34.2. The molecule has 5 atom stereocenters. The first kappa shape index (κ1) is 107. The molecule has 0 aliphatic carbocycles. The molecule has 13 N–H and O–H groups in total. The van der Waals surface area contributed by atoms with Crippen molar-refractivity contribution < 1.29 is 62.6 Å². The van der Waals surface area contributed by atoms with Crippen LogP contribution in [-0.4, -0.2) is 416 Å². The average molecular weight is 1720 g/mol. The van der Waals surface area contributed by atoms with Crippen LogP contribution in [0.4, 0.5) is 0 Å². The van der Waals surface area contributed by atoms with Crippen LogP contribution in [-0.2, 0) is 47.9 Å². The number of aromatic nitrogens is 2. The highest BCUT2D eigenvalue weighted by Crippen LogP contribution is 2.35. The molecule has 0 fully saturated rings. The number of nitrogens with zero attached hydrogens (tertiary/aromatic N) is 12. The van der Waals surface area contributed by atoms with Crippen LogP contribution in [0, 0.1) is 0 Å². The minimum absolute atomic E-state index is 0.0654. The summed E-state index contributed by atoms with van der Waals surface area (Å²) in [6, 6.07) is 3.62. The van der Waals surface area contributed by atoms with Crippen molar-refractivity contribution in [2.24, 2.45) is 0 Å². The van der Waals surface area contributed by atoms with Crippen molar-refractivity contribution in [2.45, 2.75) is 143 Å². The van der Waals surface area contributed by atoms with E-state index in [0.717, 1.165) is 32.5 Å².